The molecule has 2 aromatic carbocycles. The Labute approximate surface area is 176 Å². The first-order chi connectivity index (χ1) is 13.7. The standard InChI is InChI=1S/C21H21ClF3NO2S/c1-29-16-7-4-13(5-8-16)19(26-10-2-3-15(12-26)20(27)28)14-6-9-18(22)17(11-14)21(23,24)25/h4-9,11,15,19H,2-3,10,12H2,1H3,(H,27,28). The van der Waals surface area contributed by atoms with Gasteiger partial charge in [0.1, 0.15) is 0 Å². The quantitative estimate of drug-likeness (QED) is 0.578. The molecule has 1 aliphatic rings. The van der Waals surface area contributed by atoms with Gasteiger partial charge in [0.2, 0.25) is 0 Å². The number of carboxylic acids is 1. The van der Waals surface area contributed by atoms with E-state index in [9.17, 15) is 23.1 Å². The van der Waals surface area contributed by atoms with Crippen LogP contribution in [0.5, 0.6) is 0 Å². The van der Waals surface area contributed by atoms with E-state index in [0.29, 0.717) is 24.9 Å². The van der Waals surface area contributed by atoms with E-state index in [1.165, 1.54) is 6.07 Å². The molecular formula is C21H21ClF3NO2S. The first-order valence-electron chi connectivity index (χ1n) is 9.18. The van der Waals surface area contributed by atoms with Crippen molar-refractivity contribution in [2.24, 2.45) is 5.92 Å². The smallest absolute Gasteiger partial charge is 0.417 e. The Morgan fingerprint density at radius 2 is 1.86 bits per heavy atom. The minimum absolute atomic E-state index is 0.286. The lowest BCUT2D eigenvalue weighted by Gasteiger charge is -2.38. The van der Waals surface area contributed by atoms with E-state index < -0.39 is 29.7 Å². The van der Waals surface area contributed by atoms with Gasteiger partial charge in [-0.15, -0.1) is 11.8 Å². The Morgan fingerprint density at radius 3 is 2.45 bits per heavy atom. The molecule has 0 bridgehead atoms. The number of halogens is 4. The molecule has 156 valence electrons. The van der Waals surface area contributed by atoms with Crippen LogP contribution in [0.4, 0.5) is 13.2 Å². The Bertz CT molecular complexity index is 873. The summed E-state index contributed by atoms with van der Waals surface area (Å²) in [6.07, 6.45) is -1.37. The topological polar surface area (TPSA) is 40.5 Å². The predicted molar refractivity (Wildman–Crippen MR) is 108 cm³/mol. The van der Waals surface area contributed by atoms with E-state index in [4.69, 9.17) is 11.6 Å². The number of alkyl halides is 3. The van der Waals surface area contributed by atoms with Gasteiger partial charge in [0, 0.05) is 11.4 Å². The molecule has 1 fully saturated rings. The number of carboxylic acid groups (broad SMARTS) is 1. The van der Waals surface area contributed by atoms with Gasteiger partial charge < -0.3 is 5.11 Å². The number of benzene rings is 2. The van der Waals surface area contributed by atoms with Crippen LogP contribution in [0, 0.1) is 5.92 Å². The molecule has 3 rings (SSSR count). The van der Waals surface area contributed by atoms with Crippen molar-refractivity contribution in [2.75, 3.05) is 19.3 Å². The molecule has 0 spiro atoms. The minimum Gasteiger partial charge on any atom is -0.481 e. The molecule has 1 heterocycles. The van der Waals surface area contributed by atoms with Gasteiger partial charge in [-0.2, -0.15) is 13.2 Å². The van der Waals surface area contributed by atoms with Crippen molar-refractivity contribution in [3.05, 3.63) is 64.2 Å². The average Bonchev–Trinajstić information content (AvgIpc) is 2.69. The Balaban J connectivity index is 2.06. The van der Waals surface area contributed by atoms with E-state index in [1.807, 2.05) is 35.4 Å². The molecule has 0 amide bonds. The Hall–Kier alpha value is -1.70. The molecular weight excluding hydrogens is 423 g/mol. The first kappa shape index (κ1) is 22.0. The normalized spacial score (nSPS) is 19.1. The highest BCUT2D eigenvalue weighted by molar-refractivity contribution is 7.98. The molecule has 1 saturated heterocycles. The molecule has 0 radical (unpaired) electrons. The molecule has 0 aromatic heterocycles. The largest absolute Gasteiger partial charge is 0.481 e. The molecule has 1 aliphatic heterocycles. The lowest BCUT2D eigenvalue weighted by atomic mass is 9.91. The number of nitrogens with zero attached hydrogens (tertiary/aromatic N) is 1. The van der Waals surface area contributed by atoms with Crippen molar-refractivity contribution >= 4 is 29.3 Å². The van der Waals surface area contributed by atoms with Crippen molar-refractivity contribution in [3.63, 3.8) is 0 Å². The maximum absolute atomic E-state index is 13.4. The Morgan fingerprint density at radius 1 is 1.21 bits per heavy atom. The fraction of sp³-hybridized carbons (Fsp3) is 0.381. The van der Waals surface area contributed by atoms with Crippen LogP contribution in [0.15, 0.2) is 47.4 Å². The van der Waals surface area contributed by atoms with Crippen LogP contribution in [0.2, 0.25) is 5.02 Å². The van der Waals surface area contributed by atoms with E-state index in [2.05, 4.69) is 0 Å². The Kier molecular flexibility index (Phi) is 6.81. The van der Waals surface area contributed by atoms with Crippen LogP contribution in [0.1, 0.15) is 35.6 Å². The van der Waals surface area contributed by atoms with E-state index in [1.54, 1.807) is 17.8 Å². The summed E-state index contributed by atoms with van der Waals surface area (Å²) in [7, 11) is 0. The van der Waals surface area contributed by atoms with Crippen molar-refractivity contribution in [1.82, 2.24) is 4.90 Å². The molecule has 2 unspecified atom stereocenters. The summed E-state index contributed by atoms with van der Waals surface area (Å²) < 4.78 is 40.3. The highest BCUT2D eigenvalue weighted by atomic mass is 35.5. The predicted octanol–water partition coefficient (Wildman–Crippen LogP) is 5.97. The number of rotatable bonds is 5. The SMILES string of the molecule is CSc1ccc(C(c2ccc(Cl)c(C(F)(F)F)c2)N2CCCC(C(=O)O)C2)cc1. The second-order valence-corrected chi connectivity index (χ2v) is 8.37. The molecule has 2 aromatic rings. The van der Waals surface area contributed by atoms with Gasteiger partial charge in [-0.3, -0.25) is 9.69 Å². The summed E-state index contributed by atoms with van der Waals surface area (Å²) in [6.45, 7) is 0.900. The van der Waals surface area contributed by atoms with Gasteiger partial charge in [0.15, 0.2) is 0 Å². The van der Waals surface area contributed by atoms with Crippen molar-refractivity contribution in [2.45, 2.75) is 30.0 Å². The third-order valence-corrected chi connectivity index (χ3v) is 6.28. The summed E-state index contributed by atoms with van der Waals surface area (Å²) in [4.78, 5) is 14.5. The second-order valence-electron chi connectivity index (χ2n) is 7.09. The van der Waals surface area contributed by atoms with Crippen LogP contribution < -0.4 is 0 Å². The number of hydrogen-bond donors (Lipinski definition) is 1. The highest BCUT2D eigenvalue weighted by Gasteiger charge is 2.36. The summed E-state index contributed by atoms with van der Waals surface area (Å²) in [5.41, 5.74) is 0.392. The first-order valence-corrected chi connectivity index (χ1v) is 10.8. The number of hydrogen-bond acceptors (Lipinski definition) is 3. The lowest BCUT2D eigenvalue weighted by Crippen LogP contribution is -2.41. The van der Waals surface area contributed by atoms with Gasteiger partial charge in [-0.1, -0.05) is 29.8 Å². The number of thioether (sulfide) groups is 1. The van der Waals surface area contributed by atoms with E-state index in [-0.39, 0.29) is 11.6 Å². The number of piperidine rings is 1. The molecule has 2 atom stereocenters. The molecule has 29 heavy (non-hydrogen) atoms. The van der Waals surface area contributed by atoms with Gasteiger partial charge in [-0.05, 0) is 61.0 Å². The zero-order valence-corrected chi connectivity index (χ0v) is 17.3. The third-order valence-electron chi connectivity index (χ3n) is 5.21. The van der Waals surface area contributed by atoms with Crippen molar-refractivity contribution in [1.29, 1.82) is 0 Å². The molecule has 3 nitrogen and oxygen atoms in total. The number of aliphatic carboxylic acids is 1. The number of likely N-dealkylation sites (tertiary alicyclic amines) is 1. The molecule has 1 N–H and O–H groups in total. The van der Waals surface area contributed by atoms with Crippen LogP contribution in [-0.2, 0) is 11.0 Å². The zero-order chi connectivity index (χ0) is 21.2. The molecule has 0 aliphatic carbocycles. The van der Waals surface area contributed by atoms with Crippen LogP contribution >= 0.6 is 23.4 Å². The second kappa shape index (κ2) is 8.98. The minimum atomic E-state index is -4.56. The molecule has 0 saturated carbocycles. The van der Waals surface area contributed by atoms with Gasteiger partial charge in [-0.25, -0.2) is 0 Å². The van der Waals surface area contributed by atoms with Crippen molar-refractivity contribution in [3.8, 4) is 0 Å². The summed E-state index contributed by atoms with van der Waals surface area (Å²) in [6, 6.07) is 11.1. The van der Waals surface area contributed by atoms with Gasteiger partial charge >= 0.3 is 12.1 Å². The third kappa shape index (κ3) is 5.08. The monoisotopic (exact) mass is 443 g/mol. The fourth-order valence-electron chi connectivity index (χ4n) is 3.77. The van der Waals surface area contributed by atoms with Crippen LogP contribution in [0.3, 0.4) is 0 Å². The lowest BCUT2D eigenvalue weighted by molar-refractivity contribution is -0.143. The van der Waals surface area contributed by atoms with E-state index >= 15 is 0 Å². The summed E-state index contributed by atoms with van der Waals surface area (Å²) in [5, 5.41) is 9.09. The zero-order valence-electron chi connectivity index (χ0n) is 15.7. The maximum Gasteiger partial charge on any atom is 0.417 e. The van der Waals surface area contributed by atoms with Crippen LogP contribution in [0.25, 0.3) is 0 Å². The maximum atomic E-state index is 13.4. The van der Waals surface area contributed by atoms with Gasteiger partial charge in [0.25, 0.3) is 0 Å². The van der Waals surface area contributed by atoms with E-state index in [0.717, 1.165) is 16.5 Å². The van der Waals surface area contributed by atoms with Crippen molar-refractivity contribution < 1.29 is 23.1 Å². The van der Waals surface area contributed by atoms with Gasteiger partial charge in [0.05, 0.1) is 22.5 Å². The number of carbonyl (C=O) groups is 1. The fourth-order valence-corrected chi connectivity index (χ4v) is 4.41. The summed E-state index contributed by atoms with van der Waals surface area (Å²) >= 11 is 7.38. The van der Waals surface area contributed by atoms with Crippen LogP contribution in [-0.4, -0.2) is 35.3 Å². The summed E-state index contributed by atoms with van der Waals surface area (Å²) in [5.74, 6) is -1.41. The molecule has 8 heteroatoms. The highest BCUT2D eigenvalue weighted by Crippen LogP contribution is 2.39. The average molecular weight is 444 g/mol.